The zero-order chi connectivity index (χ0) is 17.7. The molecule has 0 spiro atoms. The monoisotopic (exact) mass is 400 g/mol. The van der Waals surface area contributed by atoms with Gasteiger partial charge in [0.15, 0.2) is 6.29 Å². The molecule has 0 amide bonds. The molecule has 0 aromatic heterocycles. The van der Waals surface area contributed by atoms with Crippen molar-refractivity contribution < 1.29 is 14.9 Å². The Morgan fingerprint density at radius 3 is 2.42 bits per heavy atom. The van der Waals surface area contributed by atoms with Crippen molar-refractivity contribution in [2.45, 2.75) is 76.0 Å². The molecule has 0 saturated heterocycles. The first-order chi connectivity index (χ1) is 11.3. The molecule has 3 nitrogen and oxygen atoms in total. The second kappa shape index (κ2) is 8.98. The van der Waals surface area contributed by atoms with Crippen LogP contribution in [-0.2, 0) is 4.74 Å². The van der Waals surface area contributed by atoms with E-state index in [9.17, 15) is 10.2 Å². The van der Waals surface area contributed by atoms with E-state index in [0.29, 0.717) is 18.4 Å². The first-order valence-corrected chi connectivity index (χ1v) is 10.2. The van der Waals surface area contributed by atoms with Gasteiger partial charge in [0, 0.05) is 23.3 Å². The number of hydrogen-bond donors (Lipinski definition) is 2. The number of halogens is 1. The molecule has 0 radical (unpaired) electrons. The first-order valence-electron chi connectivity index (χ1n) is 9.36. The number of ether oxygens (including phenoxy) is 1. The lowest BCUT2D eigenvalue weighted by Crippen LogP contribution is -2.36. The molecular weight excluding hydrogens is 368 g/mol. The second-order valence-corrected chi connectivity index (χ2v) is 9.88. The van der Waals surface area contributed by atoms with Gasteiger partial charge < -0.3 is 14.9 Å². The molecule has 0 heterocycles. The summed E-state index contributed by atoms with van der Waals surface area (Å²) in [6.07, 6.45) is 12.2. The molecule has 2 aliphatic rings. The zero-order valence-electron chi connectivity index (χ0n) is 15.2. The molecule has 0 aromatic rings. The Hall–Kier alpha value is -0.160. The fraction of sp³-hybridized carbons (Fsp3) is 0.800. The molecule has 138 valence electrons. The Balaban J connectivity index is 1.80. The highest BCUT2D eigenvalue weighted by molar-refractivity contribution is 9.10. The molecule has 1 saturated carbocycles. The van der Waals surface area contributed by atoms with Gasteiger partial charge in [-0.2, -0.15) is 0 Å². The molecule has 0 bridgehead atoms. The van der Waals surface area contributed by atoms with Crippen LogP contribution in [0, 0.1) is 17.8 Å². The summed E-state index contributed by atoms with van der Waals surface area (Å²) in [5.41, 5.74) is 1.44. The maximum atomic E-state index is 10.4. The lowest BCUT2D eigenvalue weighted by molar-refractivity contribution is -0.109. The van der Waals surface area contributed by atoms with Gasteiger partial charge in [-0.1, -0.05) is 34.2 Å². The van der Waals surface area contributed by atoms with Crippen molar-refractivity contribution in [1.29, 1.82) is 0 Å². The van der Waals surface area contributed by atoms with Crippen LogP contribution >= 0.6 is 15.9 Å². The summed E-state index contributed by atoms with van der Waals surface area (Å²) in [7, 11) is 0. The SMILES string of the molecule is CCOC(O)CC1CCC(C2=CCC(C(O)C(C)(C)Br)C=C2)CC1. The summed E-state index contributed by atoms with van der Waals surface area (Å²) < 4.78 is 5.00. The molecule has 2 N–H and O–H groups in total. The predicted molar refractivity (Wildman–Crippen MR) is 102 cm³/mol. The van der Waals surface area contributed by atoms with E-state index in [2.05, 4.69) is 34.2 Å². The van der Waals surface area contributed by atoms with E-state index in [4.69, 9.17) is 4.74 Å². The third-order valence-corrected chi connectivity index (χ3v) is 5.95. The number of rotatable bonds is 7. The Kier molecular flexibility index (Phi) is 7.54. The Labute approximate surface area is 155 Å². The highest BCUT2D eigenvalue weighted by Gasteiger charge is 2.32. The van der Waals surface area contributed by atoms with Crippen molar-refractivity contribution in [2.24, 2.45) is 17.8 Å². The normalized spacial score (nSPS) is 30.8. The number of allylic oxidation sites excluding steroid dienone is 3. The topological polar surface area (TPSA) is 49.7 Å². The molecule has 3 atom stereocenters. The number of aliphatic hydroxyl groups excluding tert-OH is 2. The average molecular weight is 401 g/mol. The zero-order valence-corrected chi connectivity index (χ0v) is 16.8. The highest BCUT2D eigenvalue weighted by Crippen LogP contribution is 2.39. The highest BCUT2D eigenvalue weighted by atomic mass is 79.9. The van der Waals surface area contributed by atoms with Gasteiger partial charge in [-0.25, -0.2) is 0 Å². The maximum Gasteiger partial charge on any atom is 0.154 e. The fourth-order valence-corrected chi connectivity index (χ4v) is 4.32. The Bertz CT molecular complexity index is 444. The van der Waals surface area contributed by atoms with Crippen LogP contribution in [-0.4, -0.2) is 33.5 Å². The molecule has 0 aliphatic heterocycles. The second-order valence-electron chi connectivity index (χ2n) is 7.84. The van der Waals surface area contributed by atoms with Crippen molar-refractivity contribution in [1.82, 2.24) is 0 Å². The lowest BCUT2D eigenvalue weighted by Gasteiger charge is -2.34. The van der Waals surface area contributed by atoms with Gasteiger partial charge in [0.05, 0.1) is 6.10 Å². The Morgan fingerprint density at radius 1 is 1.25 bits per heavy atom. The van der Waals surface area contributed by atoms with Gasteiger partial charge in [0.2, 0.25) is 0 Å². The average Bonchev–Trinajstić information content (AvgIpc) is 2.54. The third kappa shape index (κ3) is 5.69. The number of hydrogen-bond acceptors (Lipinski definition) is 3. The molecule has 1 fully saturated rings. The van der Waals surface area contributed by atoms with E-state index in [1.54, 1.807) is 0 Å². The van der Waals surface area contributed by atoms with Crippen LogP contribution in [0.1, 0.15) is 59.3 Å². The van der Waals surface area contributed by atoms with Crippen LogP contribution in [0.5, 0.6) is 0 Å². The largest absolute Gasteiger partial charge is 0.391 e. The van der Waals surface area contributed by atoms with E-state index >= 15 is 0 Å². The van der Waals surface area contributed by atoms with Gasteiger partial charge >= 0.3 is 0 Å². The van der Waals surface area contributed by atoms with Gasteiger partial charge in [-0.15, -0.1) is 0 Å². The number of aliphatic hydroxyl groups is 2. The summed E-state index contributed by atoms with van der Waals surface area (Å²) >= 11 is 3.57. The Morgan fingerprint density at radius 2 is 1.92 bits per heavy atom. The molecule has 3 unspecified atom stereocenters. The van der Waals surface area contributed by atoms with Gasteiger partial charge in [0.25, 0.3) is 0 Å². The van der Waals surface area contributed by atoms with E-state index < -0.39 is 6.29 Å². The molecule has 4 heteroatoms. The molecule has 0 aromatic carbocycles. The van der Waals surface area contributed by atoms with Crippen molar-refractivity contribution in [2.75, 3.05) is 6.61 Å². The van der Waals surface area contributed by atoms with Crippen molar-refractivity contribution >= 4 is 15.9 Å². The van der Waals surface area contributed by atoms with Gasteiger partial charge in [-0.3, -0.25) is 0 Å². The fourth-order valence-electron chi connectivity index (χ4n) is 3.98. The van der Waals surface area contributed by atoms with Crippen LogP contribution in [0.25, 0.3) is 0 Å². The van der Waals surface area contributed by atoms with Crippen LogP contribution in [0.15, 0.2) is 23.8 Å². The van der Waals surface area contributed by atoms with E-state index in [0.717, 1.165) is 12.8 Å². The smallest absolute Gasteiger partial charge is 0.154 e. The number of alkyl halides is 1. The van der Waals surface area contributed by atoms with Crippen LogP contribution in [0.2, 0.25) is 0 Å². The first kappa shape index (κ1) is 20.2. The quantitative estimate of drug-likeness (QED) is 0.485. The van der Waals surface area contributed by atoms with E-state index in [1.165, 1.54) is 31.3 Å². The molecular formula is C20H33BrO3. The maximum absolute atomic E-state index is 10.4. The summed E-state index contributed by atoms with van der Waals surface area (Å²) in [6.45, 7) is 6.53. The summed E-state index contributed by atoms with van der Waals surface area (Å²) in [5.74, 6) is 1.41. The molecule has 2 rings (SSSR count). The van der Waals surface area contributed by atoms with Crippen molar-refractivity contribution in [3.63, 3.8) is 0 Å². The van der Waals surface area contributed by atoms with Crippen molar-refractivity contribution in [3.05, 3.63) is 23.8 Å². The lowest BCUT2D eigenvalue weighted by atomic mass is 9.75. The van der Waals surface area contributed by atoms with Crippen molar-refractivity contribution in [3.8, 4) is 0 Å². The molecule has 24 heavy (non-hydrogen) atoms. The van der Waals surface area contributed by atoms with Gasteiger partial charge in [-0.05, 0) is 70.3 Å². The summed E-state index contributed by atoms with van der Waals surface area (Å²) in [4.78, 5) is 0. The van der Waals surface area contributed by atoms with Crippen LogP contribution in [0.4, 0.5) is 0 Å². The van der Waals surface area contributed by atoms with Gasteiger partial charge in [0.1, 0.15) is 0 Å². The minimum atomic E-state index is -0.597. The third-order valence-electron chi connectivity index (χ3n) is 5.48. The summed E-state index contributed by atoms with van der Waals surface area (Å²) in [6, 6.07) is 0. The van der Waals surface area contributed by atoms with E-state index in [-0.39, 0.29) is 16.3 Å². The predicted octanol–water partition coefficient (Wildman–Crippen LogP) is 4.57. The minimum absolute atomic E-state index is 0.195. The summed E-state index contributed by atoms with van der Waals surface area (Å²) in [5, 5.41) is 20.2. The molecule has 2 aliphatic carbocycles. The van der Waals surface area contributed by atoms with Crippen LogP contribution < -0.4 is 0 Å². The standard InChI is InChI=1S/C20H33BrO3/c1-4-24-18(22)13-14-5-7-15(8-6-14)16-9-11-17(12-10-16)19(23)20(2,3)21/h9-11,14-15,17-19,22-23H,4-8,12-13H2,1-3H3. The van der Waals surface area contributed by atoms with E-state index in [1.807, 2.05) is 20.8 Å². The van der Waals surface area contributed by atoms with Crippen LogP contribution in [0.3, 0.4) is 0 Å². The minimum Gasteiger partial charge on any atom is -0.391 e.